The van der Waals surface area contributed by atoms with E-state index in [-0.39, 0.29) is 18.1 Å². The molecule has 0 bridgehead atoms. The van der Waals surface area contributed by atoms with E-state index in [4.69, 9.17) is 4.74 Å². The van der Waals surface area contributed by atoms with Gasteiger partial charge in [-0.2, -0.15) is 0 Å². The molecule has 1 aromatic carbocycles. The predicted molar refractivity (Wildman–Crippen MR) is 75.4 cm³/mol. The molecule has 1 amide bonds. The van der Waals surface area contributed by atoms with Crippen LogP contribution >= 0.6 is 0 Å². The highest BCUT2D eigenvalue weighted by molar-refractivity contribution is 5.76. The van der Waals surface area contributed by atoms with Crippen molar-refractivity contribution in [1.29, 1.82) is 0 Å². The van der Waals surface area contributed by atoms with Crippen LogP contribution in [0.5, 0.6) is 5.75 Å². The smallest absolute Gasteiger partial charge is 0.221 e. The lowest BCUT2D eigenvalue weighted by molar-refractivity contribution is -0.122. The second-order valence-electron chi connectivity index (χ2n) is 5.12. The highest BCUT2D eigenvalue weighted by atomic mass is 16.5. The molecular formula is C15H22N2O2. The van der Waals surface area contributed by atoms with Gasteiger partial charge in [-0.15, -0.1) is 0 Å². The van der Waals surface area contributed by atoms with Crippen molar-refractivity contribution in [3.05, 3.63) is 29.8 Å². The summed E-state index contributed by atoms with van der Waals surface area (Å²) in [6, 6.07) is 8.09. The topological polar surface area (TPSA) is 50.4 Å². The summed E-state index contributed by atoms with van der Waals surface area (Å²) >= 11 is 0. The monoisotopic (exact) mass is 262 g/mol. The van der Waals surface area contributed by atoms with E-state index in [1.807, 2.05) is 32.2 Å². The molecule has 1 aliphatic heterocycles. The van der Waals surface area contributed by atoms with Gasteiger partial charge in [-0.05, 0) is 20.0 Å². The Kier molecular flexibility index (Phi) is 4.43. The predicted octanol–water partition coefficient (Wildman–Crippen LogP) is 1.67. The first-order valence-corrected chi connectivity index (χ1v) is 6.83. The summed E-state index contributed by atoms with van der Waals surface area (Å²) in [4.78, 5) is 11.7. The molecule has 0 radical (unpaired) electrons. The number of ether oxygens (including phenoxy) is 1. The average molecular weight is 262 g/mol. The number of carbonyl (C=O) groups is 1. The standard InChI is InChI=1S/C15H22N2O2/c1-10-12-6-4-5-7-13(12)19-15(10)11(2)17-14(18)8-9-16-3/h4-7,10-11,15-16H,8-9H2,1-3H3,(H,17,18). The molecule has 3 atom stereocenters. The second kappa shape index (κ2) is 6.06. The van der Waals surface area contributed by atoms with E-state index in [9.17, 15) is 4.79 Å². The van der Waals surface area contributed by atoms with Crippen molar-refractivity contribution in [1.82, 2.24) is 10.6 Å². The minimum atomic E-state index is 0.00626. The molecule has 104 valence electrons. The van der Waals surface area contributed by atoms with Crippen molar-refractivity contribution in [3.8, 4) is 5.75 Å². The lowest BCUT2D eigenvalue weighted by atomic mass is 9.94. The van der Waals surface area contributed by atoms with E-state index in [0.29, 0.717) is 18.9 Å². The highest BCUT2D eigenvalue weighted by Crippen LogP contribution is 2.38. The fourth-order valence-corrected chi connectivity index (χ4v) is 2.57. The minimum Gasteiger partial charge on any atom is -0.487 e. The van der Waals surface area contributed by atoms with E-state index in [1.54, 1.807) is 0 Å². The molecule has 1 aliphatic rings. The van der Waals surface area contributed by atoms with Crippen LogP contribution in [0.4, 0.5) is 0 Å². The Morgan fingerprint density at radius 2 is 2.16 bits per heavy atom. The van der Waals surface area contributed by atoms with Crippen molar-refractivity contribution in [3.63, 3.8) is 0 Å². The molecule has 1 heterocycles. The summed E-state index contributed by atoms with van der Waals surface area (Å²) in [6.07, 6.45) is 0.505. The summed E-state index contributed by atoms with van der Waals surface area (Å²) < 4.78 is 5.96. The number of benzene rings is 1. The molecule has 2 N–H and O–H groups in total. The number of fused-ring (bicyclic) bond motifs is 1. The van der Waals surface area contributed by atoms with Gasteiger partial charge in [-0.25, -0.2) is 0 Å². The van der Waals surface area contributed by atoms with Crippen LogP contribution in [0.1, 0.15) is 31.7 Å². The Morgan fingerprint density at radius 3 is 2.84 bits per heavy atom. The number of rotatable bonds is 5. The van der Waals surface area contributed by atoms with Crippen LogP contribution in [0, 0.1) is 0 Å². The van der Waals surface area contributed by atoms with E-state index < -0.39 is 0 Å². The zero-order valence-electron chi connectivity index (χ0n) is 11.8. The van der Waals surface area contributed by atoms with Gasteiger partial charge in [0.2, 0.25) is 5.91 Å². The Hall–Kier alpha value is -1.55. The van der Waals surface area contributed by atoms with Crippen LogP contribution < -0.4 is 15.4 Å². The number of para-hydroxylation sites is 1. The summed E-state index contributed by atoms with van der Waals surface area (Å²) in [5, 5.41) is 5.99. The van der Waals surface area contributed by atoms with Gasteiger partial charge >= 0.3 is 0 Å². The number of hydrogen-bond acceptors (Lipinski definition) is 3. The van der Waals surface area contributed by atoms with Gasteiger partial charge in [0, 0.05) is 24.4 Å². The van der Waals surface area contributed by atoms with Crippen LogP contribution in [0.25, 0.3) is 0 Å². The molecule has 0 fully saturated rings. The summed E-state index contributed by atoms with van der Waals surface area (Å²) in [5.74, 6) is 1.31. The third-order valence-electron chi connectivity index (χ3n) is 3.65. The van der Waals surface area contributed by atoms with Crippen molar-refractivity contribution in [2.75, 3.05) is 13.6 Å². The lowest BCUT2D eigenvalue weighted by Crippen LogP contribution is -2.44. The summed E-state index contributed by atoms with van der Waals surface area (Å²) in [7, 11) is 1.84. The Balaban J connectivity index is 1.95. The molecule has 0 saturated heterocycles. The maximum absolute atomic E-state index is 11.7. The van der Waals surface area contributed by atoms with Gasteiger partial charge in [-0.3, -0.25) is 4.79 Å². The molecular weight excluding hydrogens is 240 g/mol. The van der Waals surface area contributed by atoms with Crippen LogP contribution in [0.3, 0.4) is 0 Å². The number of carbonyl (C=O) groups excluding carboxylic acids is 1. The van der Waals surface area contributed by atoms with Gasteiger partial charge in [0.15, 0.2) is 0 Å². The molecule has 1 aromatic rings. The first-order valence-electron chi connectivity index (χ1n) is 6.83. The first kappa shape index (κ1) is 13.9. The van der Waals surface area contributed by atoms with Crippen LogP contribution in [0.15, 0.2) is 24.3 Å². The van der Waals surface area contributed by atoms with Crippen LogP contribution in [-0.2, 0) is 4.79 Å². The highest BCUT2D eigenvalue weighted by Gasteiger charge is 2.35. The quantitative estimate of drug-likeness (QED) is 0.848. The van der Waals surface area contributed by atoms with E-state index >= 15 is 0 Å². The largest absolute Gasteiger partial charge is 0.487 e. The molecule has 2 rings (SSSR count). The molecule has 4 heteroatoms. The maximum Gasteiger partial charge on any atom is 0.221 e. The zero-order chi connectivity index (χ0) is 13.8. The van der Waals surface area contributed by atoms with Crippen molar-refractivity contribution in [2.24, 2.45) is 0 Å². The van der Waals surface area contributed by atoms with E-state index in [1.165, 1.54) is 5.56 Å². The molecule has 0 spiro atoms. The SMILES string of the molecule is CNCCC(=O)NC(C)C1Oc2ccccc2C1C. The normalized spacial score (nSPS) is 22.5. The maximum atomic E-state index is 11.7. The first-order chi connectivity index (χ1) is 9.13. The Morgan fingerprint density at radius 1 is 1.42 bits per heavy atom. The van der Waals surface area contributed by atoms with E-state index in [0.717, 1.165) is 5.75 Å². The van der Waals surface area contributed by atoms with Crippen LogP contribution in [0.2, 0.25) is 0 Å². The van der Waals surface area contributed by atoms with Gasteiger partial charge in [0.1, 0.15) is 11.9 Å². The molecule has 19 heavy (non-hydrogen) atoms. The molecule has 0 aromatic heterocycles. The van der Waals surface area contributed by atoms with Gasteiger partial charge in [-0.1, -0.05) is 25.1 Å². The zero-order valence-corrected chi connectivity index (χ0v) is 11.8. The van der Waals surface area contributed by atoms with Gasteiger partial charge in [0.25, 0.3) is 0 Å². The third-order valence-corrected chi connectivity index (χ3v) is 3.65. The lowest BCUT2D eigenvalue weighted by Gasteiger charge is -2.24. The minimum absolute atomic E-state index is 0.00626. The number of amides is 1. The molecule has 0 saturated carbocycles. The molecule has 0 aliphatic carbocycles. The van der Waals surface area contributed by atoms with Gasteiger partial charge < -0.3 is 15.4 Å². The molecule has 4 nitrogen and oxygen atoms in total. The fourth-order valence-electron chi connectivity index (χ4n) is 2.57. The molecule has 3 unspecified atom stereocenters. The van der Waals surface area contributed by atoms with Crippen molar-refractivity contribution >= 4 is 5.91 Å². The summed E-state index contributed by atoms with van der Waals surface area (Å²) in [5.41, 5.74) is 1.23. The summed E-state index contributed by atoms with van der Waals surface area (Å²) in [6.45, 7) is 4.84. The number of nitrogens with one attached hydrogen (secondary N) is 2. The van der Waals surface area contributed by atoms with Gasteiger partial charge in [0.05, 0.1) is 6.04 Å². The van der Waals surface area contributed by atoms with Crippen molar-refractivity contribution in [2.45, 2.75) is 38.3 Å². The Bertz CT molecular complexity index is 448. The van der Waals surface area contributed by atoms with E-state index in [2.05, 4.69) is 23.6 Å². The Labute approximate surface area is 114 Å². The second-order valence-corrected chi connectivity index (χ2v) is 5.12. The average Bonchev–Trinajstić information content (AvgIpc) is 2.74. The fraction of sp³-hybridized carbons (Fsp3) is 0.533. The number of hydrogen-bond donors (Lipinski definition) is 2. The van der Waals surface area contributed by atoms with Crippen molar-refractivity contribution < 1.29 is 9.53 Å². The van der Waals surface area contributed by atoms with Crippen LogP contribution in [-0.4, -0.2) is 31.6 Å². The third kappa shape index (κ3) is 3.07.